The minimum absolute atomic E-state index is 0.461. The zero-order valence-corrected chi connectivity index (χ0v) is 8.32. The molecule has 4 nitrogen and oxygen atoms in total. The minimum atomic E-state index is -1.66. The van der Waals surface area contributed by atoms with Gasteiger partial charge in [0.25, 0.3) is 5.97 Å². The van der Waals surface area contributed by atoms with Crippen molar-refractivity contribution in [3.8, 4) is 0 Å². The second kappa shape index (κ2) is 6.34. The molecule has 0 atom stereocenters. The van der Waals surface area contributed by atoms with Crippen LogP contribution in [0.15, 0.2) is 0 Å². The van der Waals surface area contributed by atoms with E-state index < -0.39 is 22.2 Å². The summed E-state index contributed by atoms with van der Waals surface area (Å²) in [5.74, 6) is -1.95. The number of carboxylic acids is 2. The summed E-state index contributed by atoms with van der Waals surface area (Å²) >= 11 is 15.2. The third-order valence-corrected chi connectivity index (χ3v) is 0.753. The van der Waals surface area contributed by atoms with Gasteiger partial charge in [-0.3, -0.25) is 9.59 Å². The van der Waals surface area contributed by atoms with E-state index in [2.05, 4.69) is 0 Å². The highest BCUT2D eigenvalue weighted by molar-refractivity contribution is 6.68. The zero-order chi connectivity index (χ0) is 10.4. The van der Waals surface area contributed by atoms with Gasteiger partial charge in [-0.25, -0.2) is 0 Å². The second-order valence-corrected chi connectivity index (χ2v) is 4.22. The molecule has 2 N–H and O–H groups in total. The quantitative estimate of drug-likeness (QED) is 0.683. The Bertz CT molecular complexity index is 159. The Labute approximate surface area is 84.0 Å². The molecule has 0 aliphatic carbocycles. The molecule has 0 spiro atoms. The van der Waals surface area contributed by atoms with Gasteiger partial charge in [-0.05, 0) is 0 Å². The third kappa shape index (κ3) is 32.9. The molecule has 0 radical (unpaired) electrons. The van der Waals surface area contributed by atoms with Crippen LogP contribution in [0.25, 0.3) is 0 Å². The van der Waals surface area contributed by atoms with Crippen LogP contribution in [0.5, 0.6) is 0 Å². The van der Waals surface area contributed by atoms with E-state index in [-0.39, 0.29) is 0 Å². The van der Waals surface area contributed by atoms with Crippen molar-refractivity contribution in [3.63, 3.8) is 0 Å². The number of halogens is 3. The van der Waals surface area contributed by atoms with Gasteiger partial charge in [0.05, 0.1) is 6.42 Å². The Morgan fingerprint density at radius 1 is 1.25 bits per heavy atom. The molecule has 0 aliphatic rings. The lowest BCUT2D eigenvalue weighted by atomic mass is 10.5. The fourth-order valence-electron chi connectivity index (χ4n) is 0.171. The number of aliphatic carboxylic acids is 2. The molecule has 0 bridgehead atoms. The first-order chi connectivity index (χ1) is 5.15. The van der Waals surface area contributed by atoms with E-state index in [4.69, 9.17) is 49.8 Å². The Balaban J connectivity index is 0. The number of hydrogen-bond donors (Lipinski definition) is 2. The molecule has 0 rings (SSSR count). The van der Waals surface area contributed by atoms with Crippen LogP contribution in [0.3, 0.4) is 0 Å². The molecule has 0 aliphatic heterocycles. The van der Waals surface area contributed by atoms with Crippen molar-refractivity contribution < 1.29 is 19.8 Å². The Hall–Kier alpha value is -0.190. The van der Waals surface area contributed by atoms with E-state index in [1.54, 1.807) is 0 Å². The van der Waals surface area contributed by atoms with E-state index in [1.165, 1.54) is 0 Å². The number of alkyl halides is 3. The van der Waals surface area contributed by atoms with Crippen molar-refractivity contribution in [2.24, 2.45) is 0 Å². The van der Waals surface area contributed by atoms with E-state index in [9.17, 15) is 4.79 Å². The van der Waals surface area contributed by atoms with Crippen LogP contribution in [-0.2, 0) is 9.59 Å². The van der Waals surface area contributed by atoms with Gasteiger partial charge in [0.1, 0.15) is 0 Å². The molecule has 0 aromatic carbocycles. The minimum Gasteiger partial charge on any atom is -0.481 e. The SMILES string of the molecule is CC(=O)O.O=C(O)CC(Cl)(Cl)Cl. The normalized spacial score (nSPS) is 9.67. The summed E-state index contributed by atoms with van der Waals surface area (Å²) in [6, 6.07) is 0. The van der Waals surface area contributed by atoms with Crippen LogP contribution in [0.4, 0.5) is 0 Å². The molecule has 0 saturated carbocycles. The number of carboxylic acid groups (broad SMARTS) is 2. The molecule has 0 aromatic rings. The number of hydrogen-bond acceptors (Lipinski definition) is 2. The summed E-state index contributed by atoms with van der Waals surface area (Å²) in [5, 5.41) is 15.4. The van der Waals surface area contributed by atoms with Gasteiger partial charge in [0, 0.05) is 6.92 Å². The van der Waals surface area contributed by atoms with Gasteiger partial charge in [-0.2, -0.15) is 0 Å². The van der Waals surface area contributed by atoms with Gasteiger partial charge in [-0.1, -0.05) is 34.8 Å². The van der Waals surface area contributed by atoms with Crippen LogP contribution in [0.2, 0.25) is 0 Å². The molecular weight excluding hydrogens is 230 g/mol. The summed E-state index contributed by atoms with van der Waals surface area (Å²) in [6.07, 6.45) is -0.461. The van der Waals surface area contributed by atoms with Crippen LogP contribution >= 0.6 is 34.8 Å². The molecule has 0 amide bonds. The Morgan fingerprint density at radius 3 is 1.50 bits per heavy atom. The Kier molecular flexibility index (Phi) is 7.58. The Morgan fingerprint density at radius 2 is 1.50 bits per heavy atom. The van der Waals surface area contributed by atoms with E-state index in [1.807, 2.05) is 0 Å². The third-order valence-electron chi connectivity index (χ3n) is 0.352. The highest BCUT2D eigenvalue weighted by Crippen LogP contribution is 2.29. The molecule has 12 heavy (non-hydrogen) atoms. The summed E-state index contributed by atoms with van der Waals surface area (Å²) in [6.45, 7) is 1.08. The smallest absolute Gasteiger partial charge is 0.307 e. The molecule has 7 heteroatoms. The molecular formula is C5H7Cl3O4. The van der Waals surface area contributed by atoms with Crippen LogP contribution in [0, 0.1) is 0 Å². The van der Waals surface area contributed by atoms with Crippen LogP contribution < -0.4 is 0 Å². The molecule has 0 fully saturated rings. The van der Waals surface area contributed by atoms with Crippen molar-refractivity contribution in [1.29, 1.82) is 0 Å². The van der Waals surface area contributed by atoms with Gasteiger partial charge in [0.15, 0.2) is 0 Å². The monoisotopic (exact) mass is 236 g/mol. The van der Waals surface area contributed by atoms with Gasteiger partial charge in [-0.15, -0.1) is 0 Å². The van der Waals surface area contributed by atoms with E-state index in [0.29, 0.717) is 0 Å². The summed E-state index contributed by atoms with van der Waals surface area (Å²) in [7, 11) is 0. The first-order valence-corrected chi connectivity index (χ1v) is 3.76. The molecule has 0 unspecified atom stereocenters. The lowest BCUT2D eigenvalue weighted by Gasteiger charge is -2.03. The predicted octanol–water partition coefficient (Wildman–Crippen LogP) is 1.92. The van der Waals surface area contributed by atoms with Crippen molar-refractivity contribution in [2.75, 3.05) is 0 Å². The fourth-order valence-corrected chi connectivity index (χ4v) is 0.514. The zero-order valence-electron chi connectivity index (χ0n) is 6.05. The van der Waals surface area contributed by atoms with E-state index in [0.717, 1.165) is 6.92 Å². The highest BCUT2D eigenvalue weighted by atomic mass is 35.6. The number of rotatable bonds is 1. The topological polar surface area (TPSA) is 74.6 Å². The molecule has 0 aromatic heterocycles. The first-order valence-electron chi connectivity index (χ1n) is 2.63. The summed E-state index contributed by atoms with van der Waals surface area (Å²) in [4.78, 5) is 18.8. The predicted molar refractivity (Wildman–Crippen MR) is 45.9 cm³/mol. The standard InChI is InChI=1S/C3H3Cl3O2.C2H4O2/c4-3(5,6)1-2(7)8;1-2(3)4/h1H2,(H,7,8);1H3,(H,3,4). The lowest BCUT2D eigenvalue weighted by molar-refractivity contribution is -0.137. The maximum absolute atomic E-state index is 9.76. The largest absolute Gasteiger partial charge is 0.481 e. The molecule has 0 saturated heterocycles. The fraction of sp³-hybridized carbons (Fsp3) is 0.600. The van der Waals surface area contributed by atoms with Crippen LogP contribution in [-0.4, -0.2) is 25.9 Å². The maximum Gasteiger partial charge on any atom is 0.307 e. The van der Waals surface area contributed by atoms with Crippen molar-refractivity contribution in [2.45, 2.75) is 17.1 Å². The second-order valence-electron chi connectivity index (χ2n) is 1.70. The van der Waals surface area contributed by atoms with E-state index >= 15 is 0 Å². The lowest BCUT2D eigenvalue weighted by Crippen LogP contribution is -2.09. The summed E-state index contributed by atoms with van der Waals surface area (Å²) < 4.78 is -1.66. The van der Waals surface area contributed by atoms with Crippen molar-refractivity contribution >= 4 is 46.7 Å². The molecule has 72 valence electrons. The highest BCUT2D eigenvalue weighted by Gasteiger charge is 2.23. The van der Waals surface area contributed by atoms with Crippen molar-refractivity contribution in [3.05, 3.63) is 0 Å². The summed E-state index contributed by atoms with van der Waals surface area (Å²) in [5.41, 5.74) is 0. The average Bonchev–Trinajstić information content (AvgIpc) is 1.52. The van der Waals surface area contributed by atoms with Crippen LogP contribution in [0.1, 0.15) is 13.3 Å². The molecule has 0 heterocycles. The number of carbonyl (C=O) groups is 2. The van der Waals surface area contributed by atoms with Gasteiger partial charge >= 0.3 is 5.97 Å². The van der Waals surface area contributed by atoms with Crippen molar-refractivity contribution in [1.82, 2.24) is 0 Å². The van der Waals surface area contributed by atoms with Gasteiger partial charge < -0.3 is 10.2 Å². The maximum atomic E-state index is 9.76. The average molecular weight is 237 g/mol. The van der Waals surface area contributed by atoms with Gasteiger partial charge in [0.2, 0.25) is 3.79 Å². The first kappa shape index (κ1) is 14.3.